The average molecular weight is 327 g/mol. The molecular weight excluding hydrogens is 309 g/mol. The van der Waals surface area contributed by atoms with Gasteiger partial charge in [-0.25, -0.2) is 12.9 Å². The van der Waals surface area contributed by atoms with E-state index in [2.05, 4.69) is 5.32 Å². The third-order valence-electron chi connectivity index (χ3n) is 3.46. The van der Waals surface area contributed by atoms with Crippen LogP contribution in [0.5, 0.6) is 0 Å². The number of piperazine rings is 1. The molecule has 1 atom stereocenters. The molecule has 1 unspecified atom stereocenters. The number of rotatable bonds is 4. The largest absolute Gasteiger partial charge is 0.343 e. The van der Waals surface area contributed by atoms with Gasteiger partial charge in [-0.05, 0) is 24.3 Å². The molecule has 0 saturated carbocycles. The van der Waals surface area contributed by atoms with Crippen LogP contribution in [0.2, 0.25) is 0 Å². The van der Waals surface area contributed by atoms with Gasteiger partial charge in [0.05, 0.1) is 17.5 Å². The zero-order chi connectivity index (χ0) is 16.1. The lowest BCUT2D eigenvalue weighted by atomic mass is 10.2. The van der Waals surface area contributed by atoms with Crippen LogP contribution in [0.1, 0.15) is 10.4 Å². The Morgan fingerprint density at radius 2 is 1.77 bits per heavy atom. The van der Waals surface area contributed by atoms with Crippen LogP contribution in [-0.2, 0) is 15.8 Å². The Bertz CT molecular complexity index is 571. The predicted molar refractivity (Wildman–Crippen MR) is 81.0 cm³/mol. The molecular formula is C14H18FN3O3S. The van der Waals surface area contributed by atoms with Crippen molar-refractivity contribution in [2.24, 2.45) is 0 Å². The van der Waals surface area contributed by atoms with Gasteiger partial charge in [0.2, 0.25) is 5.91 Å². The maximum absolute atomic E-state index is 12.8. The third kappa shape index (κ3) is 4.35. The molecule has 0 radical (unpaired) electrons. The summed E-state index contributed by atoms with van der Waals surface area (Å²) in [5, 5.41) is 2.52. The van der Waals surface area contributed by atoms with E-state index in [0.717, 1.165) is 0 Å². The normalized spacial score (nSPS) is 17.1. The molecule has 0 aliphatic carbocycles. The number of halogens is 1. The Kier molecular flexibility index (Phi) is 5.62. The summed E-state index contributed by atoms with van der Waals surface area (Å²) in [6.45, 7) is 1.99. The number of amides is 2. The van der Waals surface area contributed by atoms with Crippen LogP contribution in [0.3, 0.4) is 0 Å². The topological polar surface area (TPSA) is 69.7 Å². The molecule has 1 aromatic carbocycles. The first kappa shape index (κ1) is 16.6. The standard InChI is InChI=1S/C14H18FN3O3S/c1-22(21)18-8-6-17(7-9-18)13(19)10-16-14(20)11-2-4-12(15)5-3-11/h2-5H,6-10H2,1H3,(H,16,20). The monoisotopic (exact) mass is 327 g/mol. The lowest BCUT2D eigenvalue weighted by Gasteiger charge is -2.33. The smallest absolute Gasteiger partial charge is 0.251 e. The van der Waals surface area contributed by atoms with Crippen LogP contribution in [0.4, 0.5) is 4.39 Å². The van der Waals surface area contributed by atoms with Crippen molar-refractivity contribution < 1.29 is 18.2 Å². The number of nitrogens with one attached hydrogen (secondary N) is 1. The van der Waals surface area contributed by atoms with Gasteiger partial charge in [-0.1, -0.05) is 0 Å². The third-order valence-corrected chi connectivity index (χ3v) is 4.55. The lowest BCUT2D eigenvalue weighted by molar-refractivity contribution is -0.131. The van der Waals surface area contributed by atoms with E-state index in [1.165, 1.54) is 24.3 Å². The number of carbonyl (C=O) groups is 2. The first-order valence-electron chi connectivity index (χ1n) is 6.87. The molecule has 1 heterocycles. The van der Waals surface area contributed by atoms with Crippen LogP contribution in [0.15, 0.2) is 24.3 Å². The first-order chi connectivity index (χ1) is 10.5. The fourth-order valence-electron chi connectivity index (χ4n) is 2.17. The van der Waals surface area contributed by atoms with Crippen molar-refractivity contribution in [2.45, 2.75) is 0 Å². The highest BCUT2D eigenvalue weighted by molar-refractivity contribution is 7.81. The number of carbonyl (C=O) groups excluding carboxylic acids is 2. The van der Waals surface area contributed by atoms with Crippen LogP contribution in [0, 0.1) is 5.82 Å². The van der Waals surface area contributed by atoms with Gasteiger partial charge in [0.15, 0.2) is 0 Å². The van der Waals surface area contributed by atoms with E-state index in [9.17, 15) is 18.2 Å². The molecule has 2 amide bonds. The fraction of sp³-hybridized carbons (Fsp3) is 0.429. The molecule has 120 valence electrons. The summed E-state index contributed by atoms with van der Waals surface area (Å²) < 4.78 is 25.9. The second kappa shape index (κ2) is 7.46. The molecule has 0 spiro atoms. The van der Waals surface area contributed by atoms with E-state index in [-0.39, 0.29) is 12.5 Å². The molecule has 0 bridgehead atoms. The number of hydrogen-bond acceptors (Lipinski definition) is 3. The quantitative estimate of drug-likeness (QED) is 0.846. The summed E-state index contributed by atoms with van der Waals surface area (Å²) in [7, 11) is -1.02. The lowest BCUT2D eigenvalue weighted by Crippen LogP contribution is -2.51. The molecule has 22 heavy (non-hydrogen) atoms. The minimum Gasteiger partial charge on any atom is -0.343 e. The molecule has 6 nitrogen and oxygen atoms in total. The maximum Gasteiger partial charge on any atom is 0.251 e. The van der Waals surface area contributed by atoms with E-state index >= 15 is 0 Å². The minimum atomic E-state index is -1.02. The van der Waals surface area contributed by atoms with Crippen LogP contribution < -0.4 is 5.32 Å². The molecule has 1 fully saturated rings. The molecule has 1 aromatic rings. The van der Waals surface area contributed by atoms with Crippen molar-refractivity contribution in [1.82, 2.24) is 14.5 Å². The van der Waals surface area contributed by atoms with Gasteiger partial charge in [0.1, 0.15) is 5.82 Å². The van der Waals surface area contributed by atoms with E-state index in [1.807, 2.05) is 0 Å². The summed E-state index contributed by atoms with van der Waals surface area (Å²) in [5.74, 6) is -1.02. The predicted octanol–water partition coefficient (Wildman–Crippen LogP) is -0.00680. The van der Waals surface area contributed by atoms with Gasteiger partial charge in [0, 0.05) is 38.0 Å². The van der Waals surface area contributed by atoms with E-state index in [1.54, 1.807) is 15.5 Å². The second-order valence-electron chi connectivity index (χ2n) is 4.92. The maximum atomic E-state index is 12.8. The summed E-state index contributed by atoms with van der Waals surface area (Å²) in [4.78, 5) is 25.5. The first-order valence-corrected chi connectivity index (χ1v) is 8.39. The van der Waals surface area contributed by atoms with Crippen molar-refractivity contribution in [1.29, 1.82) is 0 Å². The van der Waals surface area contributed by atoms with E-state index in [0.29, 0.717) is 31.7 Å². The number of benzene rings is 1. The average Bonchev–Trinajstić information content (AvgIpc) is 2.53. The van der Waals surface area contributed by atoms with Crippen LogP contribution in [-0.4, -0.2) is 64.2 Å². The zero-order valence-corrected chi connectivity index (χ0v) is 13.1. The van der Waals surface area contributed by atoms with Gasteiger partial charge in [-0.2, -0.15) is 0 Å². The van der Waals surface area contributed by atoms with Gasteiger partial charge < -0.3 is 10.2 Å². The molecule has 8 heteroatoms. The van der Waals surface area contributed by atoms with Gasteiger partial charge in [-0.15, -0.1) is 0 Å². The molecule has 1 aliphatic heterocycles. The molecule has 1 N–H and O–H groups in total. The highest BCUT2D eigenvalue weighted by Gasteiger charge is 2.22. The molecule has 0 aromatic heterocycles. The number of hydrogen-bond donors (Lipinski definition) is 1. The summed E-state index contributed by atoms with van der Waals surface area (Å²) in [5.41, 5.74) is 0.306. The highest BCUT2D eigenvalue weighted by atomic mass is 32.2. The van der Waals surface area contributed by atoms with Crippen molar-refractivity contribution in [3.63, 3.8) is 0 Å². The Labute approximate surface area is 130 Å². The van der Waals surface area contributed by atoms with Crippen molar-refractivity contribution >= 4 is 22.8 Å². The summed E-state index contributed by atoms with van der Waals surface area (Å²) in [6, 6.07) is 5.12. The summed E-state index contributed by atoms with van der Waals surface area (Å²) in [6.07, 6.45) is 1.61. The molecule has 1 aliphatic rings. The van der Waals surface area contributed by atoms with Gasteiger partial charge in [0.25, 0.3) is 5.91 Å². The van der Waals surface area contributed by atoms with E-state index in [4.69, 9.17) is 0 Å². The van der Waals surface area contributed by atoms with Crippen molar-refractivity contribution in [3.05, 3.63) is 35.6 Å². The van der Waals surface area contributed by atoms with Gasteiger partial charge >= 0.3 is 0 Å². The van der Waals surface area contributed by atoms with Crippen LogP contribution >= 0.6 is 0 Å². The highest BCUT2D eigenvalue weighted by Crippen LogP contribution is 2.04. The van der Waals surface area contributed by atoms with E-state index < -0.39 is 22.7 Å². The SMILES string of the molecule is CS(=O)N1CCN(C(=O)CNC(=O)c2ccc(F)cc2)CC1. The Hall–Kier alpha value is -1.80. The fourth-order valence-corrected chi connectivity index (χ4v) is 2.84. The molecule has 2 rings (SSSR count). The van der Waals surface area contributed by atoms with Crippen LogP contribution in [0.25, 0.3) is 0 Å². The Morgan fingerprint density at radius 3 is 2.32 bits per heavy atom. The number of nitrogens with zero attached hydrogens (tertiary/aromatic N) is 2. The Morgan fingerprint density at radius 1 is 1.18 bits per heavy atom. The molecule has 1 saturated heterocycles. The van der Waals surface area contributed by atoms with Crippen molar-refractivity contribution in [2.75, 3.05) is 39.0 Å². The minimum absolute atomic E-state index is 0.106. The zero-order valence-electron chi connectivity index (χ0n) is 12.3. The van der Waals surface area contributed by atoms with Gasteiger partial charge in [-0.3, -0.25) is 9.59 Å². The Balaban J connectivity index is 1.79. The van der Waals surface area contributed by atoms with Crippen molar-refractivity contribution in [3.8, 4) is 0 Å². The summed E-state index contributed by atoms with van der Waals surface area (Å²) >= 11 is 0. The second-order valence-corrected chi connectivity index (χ2v) is 6.29.